The van der Waals surface area contributed by atoms with Gasteiger partial charge in [0.15, 0.2) is 0 Å². The van der Waals surface area contributed by atoms with Crippen molar-refractivity contribution in [3.05, 3.63) is 6.92 Å². The van der Waals surface area contributed by atoms with Crippen molar-refractivity contribution < 1.29 is 4.79 Å². The molecule has 0 saturated heterocycles. The van der Waals surface area contributed by atoms with Crippen LogP contribution < -0.4 is 5.73 Å². The Morgan fingerprint density at radius 3 is 2.50 bits per heavy atom. The number of rotatable bonds is 3. The highest BCUT2D eigenvalue weighted by molar-refractivity contribution is 5.76. The summed E-state index contributed by atoms with van der Waals surface area (Å²) in [6.07, 6.45) is 1.58. The molecule has 0 aromatic heterocycles. The van der Waals surface area contributed by atoms with Crippen LogP contribution in [-0.4, -0.2) is 5.91 Å². The van der Waals surface area contributed by atoms with Crippen molar-refractivity contribution in [2.75, 3.05) is 0 Å². The van der Waals surface area contributed by atoms with Gasteiger partial charge in [0.25, 0.3) is 0 Å². The smallest absolute Gasteiger partial charge is 0.220 e. The van der Waals surface area contributed by atoms with Gasteiger partial charge in [0.1, 0.15) is 0 Å². The lowest BCUT2D eigenvalue weighted by Crippen LogP contribution is -2.19. The average Bonchev–Trinajstić information content (AvgIpc) is 1.67. The molecule has 2 nitrogen and oxygen atoms in total. The molecule has 0 aliphatic carbocycles. The molecule has 0 aliphatic rings. The Kier molecular flexibility index (Phi) is 3.24. The number of hydrogen-bond donors (Lipinski definition) is 1. The van der Waals surface area contributed by atoms with E-state index in [-0.39, 0.29) is 11.8 Å². The molecule has 47 valence electrons. The van der Waals surface area contributed by atoms with Crippen LogP contribution in [0.3, 0.4) is 0 Å². The Morgan fingerprint density at radius 2 is 2.38 bits per heavy atom. The van der Waals surface area contributed by atoms with Crippen LogP contribution in [0, 0.1) is 12.8 Å². The minimum Gasteiger partial charge on any atom is -0.369 e. The third kappa shape index (κ3) is 2.61. The van der Waals surface area contributed by atoms with E-state index >= 15 is 0 Å². The van der Waals surface area contributed by atoms with Crippen LogP contribution in [0.2, 0.25) is 0 Å². The van der Waals surface area contributed by atoms with Crippen molar-refractivity contribution in [1.82, 2.24) is 0 Å². The SMILES string of the molecule is [CH2]CCC(C)C(N)=O. The molecule has 0 saturated carbocycles. The van der Waals surface area contributed by atoms with Gasteiger partial charge < -0.3 is 5.73 Å². The van der Waals surface area contributed by atoms with Crippen molar-refractivity contribution in [2.45, 2.75) is 19.8 Å². The highest BCUT2D eigenvalue weighted by Crippen LogP contribution is 2.01. The Morgan fingerprint density at radius 1 is 1.88 bits per heavy atom. The van der Waals surface area contributed by atoms with Crippen LogP contribution in [0.4, 0.5) is 0 Å². The third-order valence-corrected chi connectivity index (χ3v) is 1.12. The minimum atomic E-state index is -0.228. The van der Waals surface area contributed by atoms with E-state index in [2.05, 4.69) is 6.92 Å². The van der Waals surface area contributed by atoms with Crippen molar-refractivity contribution in [2.24, 2.45) is 11.7 Å². The summed E-state index contributed by atoms with van der Waals surface area (Å²) < 4.78 is 0. The summed E-state index contributed by atoms with van der Waals surface area (Å²) in [4.78, 5) is 10.3. The summed E-state index contributed by atoms with van der Waals surface area (Å²) in [5.41, 5.74) is 4.96. The molecule has 0 aliphatic heterocycles. The van der Waals surface area contributed by atoms with E-state index < -0.39 is 0 Å². The number of hydrogen-bond acceptors (Lipinski definition) is 1. The molecule has 1 radical (unpaired) electrons. The molecule has 0 fully saturated rings. The first-order valence-electron chi connectivity index (χ1n) is 2.77. The van der Waals surface area contributed by atoms with Gasteiger partial charge in [-0.25, -0.2) is 0 Å². The summed E-state index contributed by atoms with van der Waals surface area (Å²) in [7, 11) is 0. The number of carbonyl (C=O) groups excluding carboxylic acids is 1. The highest BCUT2D eigenvalue weighted by atomic mass is 16.1. The molecule has 1 amide bonds. The predicted molar refractivity (Wildman–Crippen MR) is 32.9 cm³/mol. The quantitative estimate of drug-likeness (QED) is 0.577. The van der Waals surface area contributed by atoms with Gasteiger partial charge in [-0.1, -0.05) is 20.3 Å². The largest absolute Gasteiger partial charge is 0.369 e. The highest BCUT2D eigenvalue weighted by Gasteiger charge is 2.04. The van der Waals surface area contributed by atoms with E-state index in [9.17, 15) is 4.79 Å². The molecule has 0 heterocycles. The van der Waals surface area contributed by atoms with Gasteiger partial charge in [0.05, 0.1) is 0 Å². The first kappa shape index (κ1) is 7.47. The number of amides is 1. The van der Waals surface area contributed by atoms with Crippen LogP contribution in [0.1, 0.15) is 19.8 Å². The molecule has 1 atom stereocenters. The molecule has 1 unspecified atom stereocenters. The number of primary amides is 1. The van der Waals surface area contributed by atoms with E-state index in [4.69, 9.17) is 5.73 Å². The topological polar surface area (TPSA) is 43.1 Å². The second-order valence-electron chi connectivity index (χ2n) is 1.95. The molecule has 0 rings (SSSR count). The van der Waals surface area contributed by atoms with Crippen LogP contribution >= 0.6 is 0 Å². The lowest BCUT2D eigenvalue weighted by molar-refractivity contribution is -0.121. The maximum atomic E-state index is 10.3. The van der Waals surface area contributed by atoms with Crippen molar-refractivity contribution in [3.8, 4) is 0 Å². The minimum absolute atomic E-state index is 0.00694. The van der Waals surface area contributed by atoms with Crippen LogP contribution in [0.15, 0.2) is 0 Å². The maximum absolute atomic E-state index is 10.3. The average molecular weight is 114 g/mol. The Bertz CT molecular complexity index is 80.6. The second-order valence-corrected chi connectivity index (χ2v) is 1.95. The zero-order valence-corrected chi connectivity index (χ0v) is 5.18. The fourth-order valence-electron chi connectivity index (χ4n) is 0.448. The maximum Gasteiger partial charge on any atom is 0.220 e. The molecule has 0 spiro atoms. The van der Waals surface area contributed by atoms with Crippen molar-refractivity contribution in [1.29, 1.82) is 0 Å². The summed E-state index contributed by atoms with van der Waals surface area (Å²) in [6.45, 7) is 5.41. The Hall–Kier alpha value is -0.530. The van der Waals surface area contributed by atoms with Crippen LogP contribution in [-0.2, 0) is 4.79 Å². The van der Waals surface area contributed by atoms with E-state index in [1.165, 1.54) is 0 Å². The summed E-state index contributed by atoms with van der Waals surface area (Å²) >= 11 is 0. The fourth-order valence-corrected chi connectivity index (χ4v) is 0.448. The standard InChI is InChI=1S/C6H12NO/c1-3-4-5(2)6(7)8/h5H,1,3-4H2,2H3,(H2,7,8). The predicted octanol–water partition coefficient (Wildman–Crippen LogP) is 0.722. The first-order chi connectivity index (χ1) is 3.68. The molecule has 2 N–H and O–H groups in total. The van der Waals surface area contributed by atoms with Gasteiger partial charge in [-0.15, -0.1) is 0 Å². The molecular weight excluding hydrogens is 102 g/mol. The van der Waals surface area contributed by atoms with Gasteiger partial charge in [0, 0.05) is 5.92 Å². The van der Waals surface area contributed by atoms with Gasteiger partial charge in [-0.2, -0.15) is 0 Å². The lowest BCUT2D eigenvalue weighted by Gasteiger charge is -2.01. The second kappa shape index (κ2) is 3.47. The van der Waals surface area contributed by atoms with E-state index in [0.29, 0.717) is 0 Å². The first-order valence-corrected chi connectivity index (χ1v) is 2.77. The normalized spacial score (nSPS) is 13.2. The number of nitrogens with two attached hydrogens (primary N) is 1. The Balaban J connectivity index is 3.32. The molecule has 2 heteroatoms. The zero-order chi connectivity index (χ0) is 6.57. The molecular formula is C6H12NO. The van der Waals surface area contributed by atoms with Crippen molar-refractivity contribution >= 4 is 5.91 Å². The van der Waals surface area contributed by atoms with Gasteiger partial charge in [0.2, 0.25) is 5.91 Å². The summed E-state index contributed by atoms with van der Waals surface area (Å²) in [6, 6.07) is 0. The van der Waals surface area contributed by atoms with Gasteiger partial charge >= 0.3 is 0 Å². The molecule has 0 aromatic rings. The summed E-state index contributed by atoms with van der Waals surface area (Å²) in [5.74, 6) is -0.235. The zero-order valence-electron chi connectivity index (χ0n) is 5.18. The third-order valence-electron chi connectivity index (χ3n) is 1.12. The molecule has 0 aromatic carbocycles. The molecule has 0 bridgehead atoms. The summed E-state index contributed by atoms with van der Waals surface area (Å²) in [5, 5.41) is 0. The monoisotopic (exact) mass is 114 g/mol. The fraction of sp³-hybridized carbons (Fsp3) is 0.667. The van der Waals surface area contributed by atoms with Crippen LogP contribution in [0.5, 0.6) is 0 Å². The lowest BCUT2D eigenvalue weighted by atomic mass is 10.1. The van der Waals surface area contributed by atoms with E-state index in [0.717, 1.165) is 12.8 Å². The Labute approximate surface area is 50.1 Å². The van der Waals surface area contributed by atoms with Crippen LogP contribution in [0.25, 0.3) is 0 Å². The molecule has 8 heavy (non-hydrogen) atoms. The van der Waals surface area contributed by atoms with Gasteiger partial charge in [-0.05, 0) is 6.42 Å². The van der Waals surface area contributed by atoms with E-state index in [1.807, 2.05) is 6.92 Å². The number of carbonyl (C=O) groups is 1. The van der Waals surface area contributed by atoms with Gasteiger partial charge in [-0.3, -0.25) is 4.79 Å². The van der Waals surface area contributed by atoms with E-state index in [1.54, 1.807) is 0 Å². The van der Waals surface area contributed by atoms with Crippen molar-refractivity contribution in [3.63, 3.8) is 0 Å².